The summed E-state index contributed by atoms with van der Waals surface area (Å²) in [6.07, 6.45) is 2.30. The summed E-state index contributed by atoms with van der Waals surface area (Å²) < 4.78 is 128. The van der Waals surface area contributed by atoms with E-state index in [0.717, 1.165) is 68.3 Å². The molecule has 139 heavy (non-hydrogen) atoms. The van der Waals surface area contributed by atoms with E-state index in [-0.39, 0.29) is 78.5 Å². The fraction of sp³-hybridized carbons (Fsp3) is 0.571. The van der Waals surface area contributed by atoms with Crippen LogP contribution in [0.15, 0.2) is 115 Å². The highest BCUT2D eigenvalue weighted by Crippen LogP contribution is 2.72. The Morgan fingerprint density at radius 1 is 0.662 bits per heavy atom. The number of aliphatic hydroxyl groups is 2. The second-order valence-electron chi connectivity index (χ2n) is 36.4. The molecule has 7 atom stereocenters. The predicted molar refractivity (Wildman–Crippen MR) is 506 cm³/mol. The minimum absolute atomic E-state index is 0.00807. The third-order valence-corrected chi connectivity index (χ3v) is 27.0. The number of aromatic carboxylic acids is 1. The van der Waals surface area contributed by atoms with Gasteiger partial charge in [0, 0.05) is 99.3 Å². The summed E-state index contributed by atoms with van der Waals surface area (Å²) in [5.74, 6) is -4.69. The van der Waals surface area contributed by atoms with E-state index in [1.807, 2.05) is 59.0 Å². The molecule has 39 nitrogen and oxygen atoms in total. The average Bonchev–Trinajstić information content (AvgIpc) is 1.17. The van der Waals surface area contributed by atoms with Crippen LogP contribution in [0.2, 0.25) is 0 Å². The van der Waals surface area contributed by atoms with E-state index >= 15 is 0 Å². The second kappa shape index (κ2) is 51.5. The highest BCUT2D eigenvalue weighted by Gasteiger charge is 2.66. The van der Waals surface area contributed by atoms with Gasteiger partial charge in [-0.3, -0.25) is 38.6 Å². The molecular formula is C98H129N9O30S2. The fourth-order valence-electron chi connectivity index (χ4n) is 19.9. The van der Waals surface area contributed by atoms with Crippen molar-refractivity contribution in [1.29, 1.82) is 0 Å². The zero-order valence-corrected chi connectivity index (χ0v) is 80.8. The first-order valence-corrected chi connectivity index (χ1v) is 49.6. The lowest BCUT2D eigenvalue weighted by molar-refractivity contribution is -0.248. The number of ether oxygens (including phenoxy) is 16. The van der Waals surface area contributed by atoms with Crippen molar-refractivity contribution in [2.24, 2.45) is 16.2 Å². The first-order valence-electron chi connectivity index (χ1n) is 47.2. The van der Waals surface area contributed by atoms with Crippen molar-refractivity contribution >= 4 is 84.3 Å². The van der Waals surface area contributed by atoms with Gasteiger partial charge >= 0.3 is 18.0 Å². The molecule has 0 spiro atoms. The Balaban J connectivity index is 0.543. The molecule has 3 aliphatic heterocycles. The number of aryl methyl sites for hydroxylation is 1. The van der Waals surface area contributed by atoms with Gasteiger partial charge in [-0.1, -0.05) is 73.7 Å². The van der Waals surface area contributed by atoms with E-state index < -0.39 is 107 Å². The Hall–Kier alpha value is -10.1. The molecule has 7 aromatic rings. The van der Waals surface area contributed by atoms with Gasteiger partial charge in [0.1, 0.15) is 42.7 Å². The van der Waals surface area contributed by atoms with Crippen LogP contribution >= 0.6 is 11.3 Å². The summed E-state index contributed by atoms with van der Waals surface area (Å²) in [5.41, 5.74) is 4.77. The van der Waals surface area contributed by atoms with E-state index in [0.29, 0.717) is 241 Å². The number of nitrogens with one attached hydrogen (secondary N) is 2. The van der Waals surface area contributed by atoms with E-state index in [2.05, 4.69) is 29.5 Å². The fourth-order valence-corrected chi connectivity index (χ4v) is 21.3. The molecule has 4 saturated carbocycles. The lowest BCUT2D eigenvalue weighted by Crippen LogP contribution is -2.64. The Labute approximate surface area is 811 Å². The first kappa shape index (κ1) is 106. The summed E-state index contributed by atoms with van der Waals surface area (Å²) >= 11 is 1.39. The summed E-state index contributed by atoms with van der Waals surface area (Å²) in [6.45, 7) is 16.2. The summed E-state index contributed by atoms with van der Waals surface area (Å²) in [6, 6.07) is 27.4. The van der Waals surface area contributed by atoms with Crippen molar-refractivity contribution < 1.29 is 143 Å². The summed E-state index contributed by atoms with van der Waals surface area (Å²) in [7, 11) is -3.00. The number of hydrogen-bond donors (Lipinski definition) is 7. The number of benzene rings is 4. The van der Waals surface area contributed by atoms with Crippen LogP contribution in [0.5, 0.6) is 11.5 Å². The maximum absolute atomic E-state index is 14.4. The number of nitrogens with zero attached hydrogens (tertiary/aromatic N) is 7. The number of amides is 5. The zero-order chi connectivity index (χ0) is 98.4. The molecule has 758 valence electrons. The normalized spacial score (nSPS) is 21.2. The van der Waals surface area contributed by atoms with Gasteiger partial charge in [0.25, 0.3) is 27.8 Å². The number of aliphatic hydroxyl groups excluding tert-OH is 2. The number of anilines is 2. The van der Waals surface area contributed by atoms with E-state index in [9.17, 15) is 67.0 Å². The van der Waals surface area contributed by atoms with Crippen LogP contribution in [-0.4, -0.2) is 332 Å². The molecule has 7 N–H and O–H groups in total. The van der Waals surface area contributed by atoms with Crippen LogP contribution in [0.1, 0.15) is 126 Å². The molecule has 1 saturated heterocycles. The number of carboxylic acid groups (broad SMARTS) is 2. The predicted octanol–water partition coefficient (Wildman–Crippen LogP) is 8.51. The monoisotopic (exact) mass is 1980 g/mol. The van der Waals surface area contributed by atoms with Crippen molar-refractivity contribution in [2.45, 2.75) is 154 Å². The first-order chi connectivity index (χ1) is 67.1. The van der Waals surface area contributed by atoms with E-state index in [1.165, 1.54) is 11.3 Å². The number of thiazole rings is 1. The third kappa shape index (κ3) is 30.9. The smallest absolute Gasteiger partial charge is 0.410 e. The molecule has 5 fully saturated rings. The van der Waals surface area contributed by atoms with Crippen LogP contribution in [0.25, 0.3) is 21.3 Å². The Kier molecular flexibility index (Phi) is 39.4. The van der Waals surface area contributed by atoms with Gasteiger partial charge in [0.15, 0.2) is 16.9 Å². The highest BCUT2D eigenvalue weighted by atomic mass is 32.2. The molecule has 4 aliphatic carbocycles. The number of carboxylic acids is 2. The van der Waals surface area contributed by atoms with E-state index in [4.69, 9.17) is 85.9 Å². The number of pyridine rings is 1. The maximum Gasteiger partial charge on any atom is 0.410 e. The van der Waals surface area contributed by atoms with Crippen molar-refractivity contribution in [3.05, 3.63) is 160 Å². The number of methoxy groups -OCH3 is 1. The van der Waals surface area contributed by atoms with Crippen molar-refractivity contribution in [1.82, 2.24) is 34.9 Å². The number of para-hydroxylation sites is 1. The van der Waals surface area contributed by atoms with Gasteiger partial charge in [-0.15, -0.1) is 0 Å². The molecule has 6 heterocycles. The number of hydrogen-bond acceptors (Lipinski definition) is 32. The molecule has 0 radical (unpaired) electrons. The number of aromatic nitrogens is 4. The standard InChI is InChI=1S/C98H129N9O30S2/c1-67-75(73-21-22-83(102-86(73)91(116)117)105-27-25-70-11-9-12-74(76(70)58-105)88(112)103-93-101-77-13-5-6-14-82(77)138-93)57-100-106(67)66-97-61-95(2)60-96(3,62-97)64-98(63-95,65-97)135-30-28-104(29-53-139(119,120)121)94(118)134-59-71-18-15-68(55-80(71)136-92-87(111)79(108)56-81(137-92)90(114)115)10-7-8-26-99-89(113)78(107-84(109)23-24-85(107)110)54-69-16-19-72(20-17-69)133-52-51-132-50-49-131-48-47-130-46-45-129-44-43-128-42-41-127-40-39-126-38-37-125-36-35-124-34-33-123-32-31-122-4/h5-6,9,11-24,55,57,78-79,81,87,92,108,111H,7-8,10,25-54,56,58-66H2,1-4H3,(H,99,113)(H,114,115)(H,116,117)(H,101,103,112)(H,119,120,121)/t78-,79-,81?,87+,92+,95?,96?,97?,98?/m0/s1. The molecule has 3 aromatic heterocycles. The van der Waals surface area contributed by atoms with Crippen LogP contribution in [0.4, 0.5) is 15.7 Å². The molecule has 4 aromatic carbocycles. The lowest BCUT2D eigenvalue weighted by Gasteiger charge is -2.69. The number of rotatable bonds is 62. The topological polar surface area (TPSA) is 480 Å². The minimum atomic E-state index is -4.63. The van der Waals surface area contributed by atoms with E-state index in [1.54, 1.807) is 67.9 Å². The largest absolute Gasteiger partial charge is 0.491 e. The zero-order valence-electron chi connectivity index (χ0n) is 79.2. The minimum Gasteiger partial charge on any atom is -0.491 e. The number of fused-ring (bicyclic) bond motifs is 2. The second-order valence-corrected chi connectivity index (χ2v) is 39.0. The van der Waals surface area contributed by atoms with Gasteiger partial charge < -0.3 is 111 Å². The number of unbranched alkanes of at least 4 members (excludes halogenated alkanes) is 1. The van der Waals surface area contributed by atoms with Crippen LogP contribution in [0.3, 0.4) is 0 Å². The highest BCUT2D eigenvalue weighted by molar-refractivity contribution is 7.85. The number of carbonyl (C=O) groups excluding carboxylic acids is 5. The van der Waals surface area contributed by atoms with Crippen molar-refractivity contribution in [2.75, 3.05) is 201 Å². The number of aliphatic carboxylic acids is 1. The van der Waals surface area contributed by atoms with Gasteiger partial charge in [0.05, 0.1) is 179 Å². The van der Waals surface area contributed by atoms with Crippen LogP contribution in [-0.2, 0) is 135 Å². The Morgan fingerprint density at radius 2 is 1.27 bits per heavy atom. The molecule has 7 aliphatic rings. The number of carbonyl (C=O) groups is 7. The molecule has 41 heteroatoms. The molecule has 14 rings (SSSR count). The average molecular weight is 1980 g/mol. The van der Waals surface area contributed by atoms with Crippen LogP contribution < -0.4 is 25.0 Å². The SMILES string of the molecule is COCCOCCOCCOCCOCCOCCOCCOCCOCCOCCOCCOc1ccc(C[C@@H](C(=O)NCCCCc2ccc(COC(=O)N(CCOC34CC5(C)CC(C)(CC(Cn6ncc(-c7ccc(N8CCc9cccc(C(=O)Nc%10nc%11ccccc%11s%10)c9C8)nc7C(=O)O)c6C)(C5)C3)C4)CCS(=O)(=O)O)c(O[C@@H]3OC(C(=O)O)C[C@H](O)[C@H]3O)c2)N2C(=O)C=CC2=O)cc1. The van der Waals surface area contributed by atoms with Crippen molar-refractivity contribution in [3.8, 4) is 22.6 Å². The molecular weight excluding hydrogens is 1850 g/mol. The van der Waals surface area contributed by atoms with Gasteiger partial charge in [-0.2, -0.15) is 13.5 Å². The van der Waals surface area contributed by atoms with Gasteiger partial charge in [-0.05, 0) is 158 Å². The molecule has 5 amide bonds. The lowest BCUT2D eigenvalue weighted by atomic mass is 9.39. The van der Waals surface area contributed by atoms with Crippen molar-refractivity contribution in [3.63, 3.8) is 0 Å². The summed E-state index contributed by atoms with van der Waals surface area (Å²) in [5, 5.41) is 54.0. The van der Waals surface area contributed by atoms with Crippen LogP contribution in [0, 0.1) is 23.2 Å². The number of imide groups is 1. The maximum atomic E-state index is 14.4. The third-order valence-electron chi connectivity index (χ3n) is 25.3. The quantitative estimate of drug-likeness (QED) is 0.0107. The summed E-state index contributed by atoms with van der Waals surface area (Å²) in [4.78, 5) is 107. The Bertz CT molecular complexity index is 5320. The van der Waals surface area contributed by atoms with Gasteiger partial charge in [-0.25, -0.2) is 24.4 Å². The van der Waals surface area contributed by atoms with Gasteiger partial charge in [0.2, 0.25) is 12.2 Å². The molecule has 4 bridgehead atoms. The Morgan fingerprint density at radius 3 is 1.86 bits per heavy atom. The molecule has 3 unspecified atom stereocenters.